The number of allylic oxidation sites excluding steroid dienone is 3. The normalized spacial score (nSPS) is 19.0. The lowest BCUT2D eigenvalue weighted by molar-refractivity contribution is 0.507. The SMILES string of the molecule is CCN1C=CC=CC1=Cc1cnc(NC2CCCC2)nc1CC#N. The van der Waals surface area contributed by atoms with E-state index in [9.17, 15) is 0 Å². The second-order valence-electron chi connectivity index (χ2n) is 6.11. The van der Waals surface area contributed by atoms with Crippen LogP contribution >= 0.6 is 0 Å². The zero-order valence-electron chi connectivity index (χ0n) is 14.1. The molecule has 0 unspecified atom stereocenters. The summed E-state index contributed by atoms with van der Waals surface area (Å²) in [6.45, 7) is 3.00. The topological polar surface area (TPSA) is 64.8 Å². The number of rotatable bonds is 5. The number of aromatic nitrogens is 2. The summed E-state index contributed by atoms with van der Waals surface area (Å²) in [6.07, 6.45) is 17.2. The van der Waals surface area contributed by atoms with Gasteiger partial charge in [0.15, 0.2) is 0 Å². The molecule has 1 aromatic rings. The molecule has 1 saturated carbocycles. The molecular weight excluding hydrogens is 298 g/mol. The minimum Gasteiger partial charge on any atom is -0.351 e. The van der Waals surface area contributed by atoms with Crippen molar-refractivity contribution in [3.05, 3.63) is 47.6 Å². The molecule has 0 saturated heterocycles. The van der Waals surface area contributed by atoms with Gasteiger partial charge in [-0.3, -0.25) is 0 Å². The van der Waals surface area contributed by atoms with E-state index in [2.05, 4.69) is 45.3 Å². The van der Waals surface area contributed by atoms with Crippen LogP contribution in [-0.4, -0.2) is 27.5 Å². The van der Waals surface area contributed by atoms with Crippen molar-refractivity contribution in [2.75, 3.05) is 11.9 Å². The van der Waals surface area contributed by atoms with Gasteiger partial charge >= 0.3 is 0 Å². The van der Waals surface area contributed by atoms with Crippen LogP contribution in [0.15, 0.2) is 36.3 Å². The molecule has 24 heavy (non-hydrogen) atoms. The van der Waals surface area contributed by atoms with Gasteiger partial charge in [-0.2, -0.15) is 5.26 Å². The molecule has 0 spiro atoms. The average molecular weight is 321 g/mol. The van der Waals surface area contributed by atoms with Crippen LogP contribution in [-0.2, 0) is 6.42 Å². The molecule has 0 amide bonds. The number of likely N-dealkylation sites (N-methyl/N-ethyl adjacent to an activating group) is 1. The molecule has 0 aromatic carbocycles. The van der Waals surface area contributed by atoms with Crippen LogP contribution in [0.5, 0.6) is 0 Å². The summed E-state index contributed by atoms with van der Waals surface area (Å²) in [4.78, 5) is 11.2. The first-order valence-corrected chi connectivity index (χ1v) is 8.62. The maximum absolute atomic E-state index is 9.14. The number of nitrogens with one attached hydrogen (secondary N) is 1. The van der Waals surface area contributed by atoms with Gasteiger partial charge in [-0.1, -0.05) is 18.9 Å². The lowest BCUT2D eigenvalue weighted by atomic mass is 10.1. The predicted octanol–water partition coefficient (Wildman–Crippen LogP) is 3.64. The zero-order chi connectivity index (χ0) is 16.8. The summed E-state index contributed by atoms with van der Waals surface area (Å²) >= 11 is 0. The van der Waals surface area contributed by atoms with Crippen molar-refractivity contribution in [3.8, 4) is 6.07 Å². The van der Waals surface area contributed by atoms with Gasteiger partial charge in [0.1, 0.15) is 0 Å². The molecule has 3 rings (SSSR count). The number of nitriles is 1. The van der Waals surface area contributed by atoms with E-state index in [1.165, 1.54) is 25.7 Å². The van der Waals surface area contributed by atoms with E-state index in [-0.39, 0.29) is 6.42 Å². The van der Waals surface area contributed by atoms with Crippen molar-refractivity contribution in [1.29, 1.82) is 5.26 Å². The highest BCUT2D eigenvalue weighted by Crippen LogP contribution is 2.22. The quantitative estimate of drug-likeness (QED) is 0.897. The van der Waals surface area contributed by atoms with Gasteiger partial charge in [0, 0.05) is 36.2 Å². The standard InChI is InChI=1S/C19H23N5/c1-2-24-12-6-5-9-17(24)13-15-14-21-19(23-18(15)10-11-20)22-16-7-3-4-8-16/h5-6,9,12-14,16H,2-4,7-8,10H2,1H3,(H,21,22,23). The molecule has 5 heteroatoms. The van der Waals surface area contributed by atoms with Crippen molar-refractivity contribution < 1.29 is 0 Å². The van der Waals surface area contributed by atoms with Crippen LogP contribution in [0.2, 0.25) is 0 Å². The molecule has 1 fully saturated rings. The van der Waals surface area contributed by atoms with Gasteiger partial charge in [-0.25, -0.2) is 9.97 Å². The summed E-state index contributed by atoms with van der Waals surface area (Å²) in [6, 6.07) is 2.68. The maximum Gasteiger partial charge on any atom is 0.223 e. The highest BCUT2D eigenvalue weighted by atomic mass is 15.1. The summed E-state index contributed by atoms with van der Waals surface area (Å²) in [7, 11) is 0. The average Bonchev–Trinajstić information content (AvgIpc) is 3.11. The van der Waals surface area contributed by atoms with Gasteiger partial charge in [-0.15, -0.1) is 0 Å². The minimum absolute atomic E-state index is 0.284. The first kappa shape index (κ1) is 16.3. The molecule has 0 bridgehead atoms. The summed E-state index contributed by atoms with van der Waals surface area (Å²) in [5, 5.41) is 12.5. The van der Waals surface area contributed by atoms with Crippen LogP contribution in [0, 0.1) is 11.3 Å². The van der Waals surface area contributed by atoms with Gasteiger partial charge in [-0.05, 0) is 38.0 Å². The molecule has 0 radical (unpaired) electrons. The van der Waals surface area contributed by atoms with Crippen molar-refractivity contribution in [1.82, 2.24) is 14.9 Å². The van der Waals surface area contributed by atoms with E-state index in [4.69, 9.17) is 5.26 Å². The zero-order valence-corrected chi connectivity index (χ0v) is 14.1. The first-order valence-electron chi connectivity index (χ1n) is 8.62. The number of anilines is 1. The monoisotopic (exact) mass is 321 g/mol. The molecule has 2 aliphatic rings. The minimum atomic E-state index is 0.284. The summed E-state index contributed by atoms with van der Waals surface area (Å²) in [5.74, 6) is 0.640. The van der Waals surface area contributed by atoms with Gasteiger partial charge in [0.05, 0.1) is 18.2 Å². The van der Waals surface area contributed by atoms with E-state index in [0.717, 1.165) is 23.5 Å². The van der Waals surface area contributed by atoms with Crippen LogP contribution in [0.25, 0.3) is 6.08 Å². The predicted molar refractivity (Wildman–Crippen MR) is 95.9 cm³/mol. The Balaban J connectivity index is 1.85. The highest BCUT2D eigenvalue weighted by Gasteiger charge is 2.16. The van der Waals surface area contributed by atoms with Crippen molar-refractivity contribution in [2.24, 2.45) is 0 Å². The third kappa shape index (κ3) is 3.83. The fraction of sp³-hybridized carbons (Fsp3) is 0.421. The Morgan fingerprint density at radius 1 is 1.38 bits per heavy atom. The molecule has 1 aliphatic carbocycles. The van der Waals surface area contributed by atoms with Crippen molar-refractivity contribution in [3.63, 3.8) is 0 Å². The van der Waals surface area contributed by atoms with Gasteiger partial charge in [0.2, 0.25) is 5.95 Å². The Morgan fingerprint density at radius 2 is 2.21 bits per heavy atom. The van der Waals surface area contributed by atoms with E-state index in [0.29, 0.717) is 12.0 Å². The first-order chi connectivity index (χ1) is 11.8. The molecule has 1 aromatic heterocycles. The summed E-state index contributed by atoms with van der Waals surface area (Å²) in [5.41, 5.74) is 2.76. The van der Waals surface area contributed by atoms with E-state index in [1.54, 1.807) is 0 Å². The molecule has 1 N–H and O–H groups in total. The van der Waals surface area contributed by atoms with Gasteiger partial charge in [0.25, 0.3) is 0 Å². The molecule has 0 atom stereocenters. The van der Waals surface area contributed by atoms with E-state index < -0.39 is 0 Å². The molecule has 5 nitrogen and oxygen atoms in total. The van der Waals surface area contributed by atoms with Crippen LogP contribution in [0.3, 0.4) is 0 Å². The Bertz CT molecular complexity index is 705. The third-order valence-corrected chi connectivity index (χ3v) is 4.45. The Morgan fingerprint density at radius 3 is 2.96 bits per heavy atom. The van der Waals surface area contributed by atoms with Crippen molar-refractivity contribution in [2.45, 2.75) is 45.1 Å². The molecule has 1 aliphatic heterocycles. The lowest BCUT2D eigenvalue weighted by Gasteiger charge is -2.22. The Hall–Kier alpha value is -2.61. The van der Waals surface area contributed by atoms with Crippen LogP contribution in [0.1, 0.15) is 43.9 Å². The van der Waals surface area contributed by atoms with Crippen LogP contribution in [0.4, 0.5) is 5.95 Å². The highest BCUT2D eigenvalue weighted by molar-refractivity contribution is 5.59. The summed E-state index contributed by atoms with van der Waals surface area (Å²) < 4.78 is 0. The molecular formula is C19H23N5. The number of hydrogen-bond acceptors (Lipinski definition) is 5. The number of nitrogens with zero attached hydrogens (tertiary/aromatic N) is 4. The van der Waals surface area contributed by atoms with E-state index >= 15 is 0 Å². The Labute approximate surface area is 143 Å². The largest absolute Gasteiger partial charge is 0.351 e. The third-order valence-electron chi connectivity index (χ3n) is 4.45. The second-order valence-corrected chi connectivity index (χ2v) is 6.11. The van der Waals surface area contributed by atoms with E-state index in [1.807, 2.05) is 24.5 Å². The lowest BCUT2D eigenvalue weighted by Crippen LogP contribution is -2.18. The smallest absolute Gasteiger partial charge is 0.223 e. The fourth-order valence-corrected chi connectivity index (χ4v) is 3.15. The second kappa shape index (κ2) is 7.78. The Kier molecular flexibility index (Phi) is 5.27. The maximum atomic E-state index is 9.14. The van der Waals surface area contributed by atoms with Gasteiger partial charge < -0.3 is 10.2 Å². The van der Waals surface area contributed by atoms with Crippen molar-refractivity contribution >= 4 is 12.0 Å². The molecule has 124 valence electrons. The van der Waals surface area contributed by atoms with Crippen LogP contribution < -0.4 is 5.32 Å². The number of hydrogen-bond donors (Lipinski definition) is 1. The molecule has 2 heterocycles. The fourth-order valence-electron chi connectivity index (χ4n) is 3.15.